The molecule has 1 amide bonds. The average molecular weight is 449 g/mol. The number of likely N-dealkylation sites (tertiary alicyclic amines) is 1. The molecule has 0 aliphatic carbocycles. The summed E-state index contributed by atoms with van der Waals surface area (Å²) in [7, 11) is -2.10. The van der Waals surface area contributed by atoms with Crippen LogP contribution < -0.4 is 9.46 Å². The molecule has 2 aromatic carbocycles. The topological polar surface area (TPSA) is 75.7 Å². The first-order valence-electron chi connectivity index (χ1n) is 10.0. The fraction of sp³-hybridized carbons (Fsp3) is 0.409. The Morgan fingerprint density at radius 2 is 1.80 bits per heavy atom. The maximum atomic E-state index is 13.0. The third-order valence-corrected chi connectivity index (χ3v) is 7.47. The molecule has 0 bridgehead atoms. The van der Waals surface area contributed by atoms with Crippen LogP contribution in [0.5, 0.6) is 5.75 Å². The zero-order valence-electron chi connectivity index (χ0n) is 17.4. The lowest BCUT2D eigenvalue weighted by molar-refractivity contribution is 0.0720. The molecule has 0 unspecified atom stereocenters. The highest BCUT2D eigenvalue weighted by molar-refractivity contribution is 7.98. The maximum Gasteiger partial charge on any atom is 0.255 e. The first-order chi connectivity index (χ1) is 14.4. The van der Waals surface area contributed by atoms with Crippen LogP contribution in [0.15, 0.2) is 52.3 Å². The molecule has 2 aromatic rings. The standard InChI is InChI=1S/C22H28N2O4S2/c1-28-18-8-6-17(7-9-18)12-13-23-30(26,27)19-10-11-21(29-2)20(16-19)22(25)24-14-4-3-5-15-24/h6-11,16,23H,3-5,12-15H2,1-2H3. The van der Waals surface area contributed by atoms with E-state index in [-0.39, 0.29) is 17.3 Å². The minimum Gasteiger partial charge on any atom is -0.497 e. The number of piperidine rings is 1. The number of carbonyl (C=O) groups is 1. The number of rotatable bonds is 8. The van der Waals surface area contributed by atoms with Gasteiger partial charge in [-0.1, -0.05) is 12.1 Å². The van der Waals surface area contributed by atoms with Crippen molar-refractivity contribution in [3.05, 3.63) is 53.6 Å². The van der Waals surface area contributed by atoms with Crippen LogP contribution in [0.25, 0.3) is 0 Å². The monoisotopic (exact) mass is 448 g/mol. The molecule has 0 aromatic heterocycles. The predicted octanol–water partition coefficient (Wildman–Crippen LogP) is 3.56. The van der Waals surface area contributed by atoms with Gasteiger partial charge in [-0.2, -0.15) is 0 Å². The molecule has 1 heterocycles. The molecule has 0 radical (unpaired) electrons. The third-order valence-electron chi connectivity index (χ3n) is 5.22. The second kappa shape index (κ2) is 10.3. The minimum absolute atomic E-state index is 0.0886. The Kier molecular flexibility index (Phi) is 7.80. The average Bonchev–Trinajstić information content (AvgIpc) is 2.79. The van der Waals surface area contributed by atoms with E-state index in [4.69, 9.17) is 4.74 Å². The lowest BCUT2D eigenvalue weighted by Crippen LogP contribution is -2.36. The van der Waals surface area contributed by atoms with Crippen molar-refractivity contribution in [2.24, 2.45) is 0 Å². The molecule has 30 heavy (non-hydrogen) atoms. The molecule has 3 rings (SSSR count). The van der Waals surface area contributed by atoms with E-state index in [0.29, 0.717) is 12.0 Å². The number of methoxy groups -OCH3 is 1. The first-order valence-corrected chi connectivity index (χ1v) is 12.8. The molecule has 1 saturated heterocycles. The van der Waals surface area contributed by atoms with Gasteiger partial charge < -0.3 is 9.64 Å². The van der Waals surface area contributed by atoms with Crippen molar-refractivity contribution in [1.82, 2.24) is 9.62 Å². The van der Waals surface area contributed by atoms with Gasteiger partial charge in [0.25, 0.3) is 5.91 Å². The van der Waals surface area contributed by atoms with E-state index in [2.05, 4.69) is 4.72 Å². The molecular formula is C22H28N2O4S2. The van der Waals surface area contributed by atoms with E-state index in [1.165, 1.54) is 17.8 Å². The highest BCUT2D eigenvalue weighted by Crippen LogP contribution is 2.26. The lowest BCUT2D eigenvalue weighted by atomic mass is 10.1. The normalized spacial score (nSPS) is 14.5. The van der Waals surface area contributed by atoms with Crippen LogP contribution in [-0.2, 0) is 16.4 Å². The Morgan fingerprint density at radius 3 is 2.43 bits per heavy atom. The largest absolute Gasteiger partial charge is 0.497 e. The highest BCUT2D eigenvalue weighted by Gasteiger charge is 2.23. The van der Waals surface area contributed by atoms with Crippen LogP contribution in [0.2, 0.25) is 0 Å². The second-order valence-corrected chi connectivity index (χ2v) is 9.83. The van der Waals surface area contributed by atoms with Crippen LogP contribution in [0.4, 0.5) is 0 Å². The first kappa shape index (κ1) is 22.7. The number of hydrogen-bond donors (Lipinski definition) is 1. The number of nitrogens with one attached hydrogen (secondary N) is 1. The van der Waals surface area contributed by atoms with Crippen molar-refractivity contribution >= 4 is 27.7 Å². The molecule has 0 saturated carbocycles. The molecule has 6 nitrogen and oxygen atoms in total. The van der Waals surface area contributed by atoms with Crippen molar-refractivity contribution in [3.63, 3.8) is 0 Å². The fourth-order valence-electron chi connectivity index (χ4n) is 3.49. The summed E-state index contributed by atoms with van der Waals surface area (Å²) in [5.41, 5.74) is 1.47. The van der Waals surface area contributed by atoms with Gasteiger partial charge in [-0.15, -0.1) is 11.8 Å². The van der Waals surface area contributed by atoms with E-state index in [1.807, 2.05) is 35.4 Å². The van der Waals surface area contributed by atoms with Gasteiger partial charge in [-0.05, 0) is 67.8 Å². The van der Waals surface area contributed by atoms with Crippen molar-refractivity contribution in [3.8, 4) is 5.75 Å². The summed E-state index contributed by atoms with van der Waals surface area (Å²) in [6.45, 7) is 1.72. The lowest BCUT2D eigenvalue weighted by Gasteiger charge is -2.27. The summed E-state index contributed by atoms with van der Waals surface area (Å²) >= 11 is 1.45. The summed E-state index contributed by atoms with van der Waals surface area (Å²) in [5.74, 6) is 0.674. The number of benzene rings is 2. The number of sulfonamides is 1. The Balaban J connectivity index is 1.72. The third kappa shape index (κ3) is 5.56. The van der Waals surface area contributed by atoms with E-state index >= 15 is 0 Å². The quantitative estimate of drug-likeness (QED) is 0.625. The smallest absolute Gasteiger partial charge is 0.255 e. The fourth-order valence-corrected chi connectivity index (χ4v) is 5.12. The molecule has 0 spiro atoms. The van der Waals surface area contributed by atoms with Crippen molar-refractivity contribution in [1.29, 1.82) is 0 Å². The zero-order valence-corrected chi connectivity index (χ0v) is 19.0. The van der Waals surface area contributed by atoms with Gasteiger partial charge in [-0.3, -0.25) is 4.79 Å². The van der Waals surface area contributed by atoms with E-state index in [9.17, 15) is 13.2 Å². The van der Waals surface area contributed by atoms with Gasteiger partial charge in [0.1, 0.15) is 5.75 Å². The van der Waals surface area contributed by atoms with E-state index in [0.717, 1.165) is 48.6 Å². The van der Waals surface area contributed by atoms with Crippen LogP contribution in [0, 0.1) is 0 Å². The Bertz CT molecular complexity index is 969. The van der Waals surface area contributed by atoms with Gasteiger partial charge in [0, 0.05) is 24.5 Å². The SMILES string of the molecule is COc1ccc(CCNS(=O)(=O)c2ccc(SC)c(C(=O)N3CCCCC3)c2)cc1. The Labute approximate surface area is 183 Å². The molecule has 1 aliphatic heterocycles. The minimum atomic E-state index is -3.71. The molecule has 1 aliphatic rings. The summed E-state index contributed by atoms with van der Waals surface area (Å²) in [6.07, 6.45) is 5.57. The molecule has 0 atom stereocenters. The predicted molar refractivity (Wildman–Crippen MR) is 120 cm³/mol. The van der Waals surface area contributed by atoms with Crippen molar-refractivity contribution in [2.75, 3.05) is 33.0 Å². The van der Waals surface area contributed by atoms with E-state index < -0.39 is 10.0 Å². The summed E-state index contributed by atoms with van der Waals surface area (Å²) in [5, 5.41) is 0. The number of ether oxygens (including phenoxy) is 1. The Morgan fingerprint density at radius 1 is 1.10 bits per heavy atom. The number of nitrogens with zero attached hydrogens (tertiary/aromatic N) is 1. The van der Waals surface area contributed by atoms with Crippen molar-refractivity contribution < 1.29 is 17.9 Å². The second-order valence-electron chi connectivity index (χ2n) is 7.21. The number of hydrogen-bond acceptors (Lipinski definition) is 5. The molecule has 1 fully saturated rings. The van der Waals surface area contributed by atoms with Crippen LogP contribution in [0.1, 0.15) is 35.2 Å². The maximum absolute atomic E-state index is 13.0. The van der Waals surface area contributed by atoms with Crippen LogP contribution in [-0.4, -0.2) is 52.2 Å². The van der Waals surface area contributed by atoms with Gasteiger partial charge in [0.05, 0.1) is 17.6 Å². The molecule has 8 heteroatoms. The van der Waals surface area contributed by atoms with Gasteiger partial charge >= 0.3 is 0 Å². The molecule has 1 N–H and O–H groups in total. The Hall–Kier alpha value is -2.03. The van der Waals surface area contributed by atoms with Crippen LogP contribution >= 0.6 is 11.8 Å². The number of carbonyl (C=O) groups excluding carboxylic acids is 1. The van der Waals surface area contributed by atoms with Gasteiger partial charge in [-0.25, -0.2) is 13.1 Å². The highest BCUT2D eigenvalue weighted by atomic mass is 32.2. The van der Waals surface area contributed by atoms with Crippen molar-refractivity contribution in [2.45, 2.75) is 35.5 Å². The number of amides is 1. The number of thioether (sulfide) groups is 1. The summed E-state index contributed by atoms with van der Waals surface area (Å²) in [6, 6.07) is 12.3. The summed E-state index contributed by atoms with van der Waals surface area (Å²) < 4.78 is 33.4. The van der Waals surface area contributed by atoms with E-state index in [1.54, 1.807) is 19.2 Å². The van der Waals surface area contributed by atoms with Gasteiger partial charge in [0.2, 0.25) is 10.0 Å². The van der Waals surface area contributed by atoms with Crippen LogP contribution in [0.3, 0.4) is 0 Å². The summed E-state index contributed by atoms with van der Waals surface area (Å²) in [4.78, 5) is 15.7. The molecular weight excluding hydrogens is 420 g/mol. The van der Waals surface area contributed by atoms with Gasteiger partial charge in [0.15, 0.2) is 0 Å². The zero-order chi connectivity index (χ0) is 21.6. The molecule has 162 valence electrons.